The molecule has 0 rings (SSSR count). The number of amides is 2. The van der Waals surface area contributed by atoms with Crippen LogP contribution in [0.2, 0.25) is 0 Å². The lowest BCUT2D eigenvalue weighted by Gasteiger charge is -2.05. The number of hydrogen-bond donors (Lipinski definition) is 5. The first kappa shape index (κ1) is 52.0. The minimum atomic E-state index is -3.32. The molecule has 0 bridgehead atoms. The molecule has 5 N–H and O–H groups in total. The van der Waals surface area contributed by atoms with Crippen LogP contribution < -0.4 is 24.8 Å². The van der Waals surface area contributed by atoms with E-state index < -0.39 is 30.1 Å². The number of hydrogen-bond acceptors (Lipinski definition) is 11. The topological polar surface area (TPSA) is 248 Å². The van der Waals surface area contributed by atoms with Gasteiger partial charge in [-0.05, 0) is 59.3 Å². The highest BCUT2D eigenvalue weighted by molar-refractivity contribution is 7.89. The second kappa shape index (κ2) is 31.4. The third kappa shape index (κ3) is 55.1. The fraction of sp³-hybridized carbons (Fsp3) is 0.839. The Labute approximate surface area is 301 Å². The van der Waals surface area contributed by atoms with E-state index in [4.69, 9.17) is 0 Å². The van der Waals surface area contributed by atoms with Crippen LogP contribution in [0.15, 0.2) is 0 Å². The average Bonchev–Trinajstić information content (AvgIpc) is 2.95. The van der Waals surface area contributed by atoms with Crippen molar-refractivity contribution in [3.8, 4) is 0 Å². The molecule has 0 saturated heterocycles. The van der Waals surface area contributed by atoms with Crippen molar-refractivity contribution in [3.63, 3.8) is 0 Å². The van der Waals surface area contributed by atoms with Gasteiger partial charge in [0, 0.05) is 51.9 Å². The second-order valence-corrected chi connectivity index (χ2v) is 17.6. The molecule has 0 fully saturated rings. The van der Waals surface area contributed by atoms with E-state index in [1.807, 2.05) is 0 Å². The van der Waals surface area contributed by atoms with E-state index in [0.717, 1.165) is 89.4 Å². The Morgan fingerprint density at radius 2 is 0.720 bits per heavy atom. The van der Waals surface area contributed by atoms with Crippen molar-refractivity contribution in [2.45, 2.75) is 117 Å². The SMILES string of the molecule is CC(=O)CCCCCNC(=O)CCCCCCCNS(C)(=O)=O.CC(=O)CCCCCNC(=O)CNS(C)(=O)=O.CC(=O)CCNS(C)(=O)=O. The number of Topliss-reactive ketones (excluding diaryl/α,β-unsaturated/α-hetero) is 3. The molecule has 0 aliphatic carbocycles. The molecule has 2 amide bonds. The van der Waals surface area contributed by atoms with Gasteiger partial charge in [-0.25, -0.2) is 39.4 Å². The lowest BCUT2D eigenvalue weighted by atomic mass is 10.1. The van der Waals surface area contributed by atoms with E-state index in [2.05, 4.69) is 24.8 Å². The summed E-state index contributed by atoms with van der Waals surface area (Å²) in [6.07, 6.45) is 15.2. The molecule has 0 unspecified atom stereocenters. The molecule has 296 valence electrons. The van der Waals surface area contributed by atoms with Crippen LogP contribution in [0.5, 0.6) is 0 Å². The molecule has 50 heavy (non-hydrogen) atoms. The van der Waals surface area contributed by atoms with Crippen molar-refractivity contribution >= 4 is 59.2 Å². The summed E-state index contributed by atoms with van der Waals surface area (Å²) in [5.74, 6) is 0.126. The third-order valence-electron chi connectivity index (χ3n) is 6.34. The Kier molecular flexibility index (Phi) is 32.7. The van der Waals surface area contributed by atoms with Gasteiger partial charge >= 0.3 is 0 Å². The minimum Gasteiger partial charge on any atom is -0.356 e. The molecule has 0 spiro atoms. The Morgan fingerprint density at radius 1 is 0.380 bits per heavy atom. The van der Waals surface area contributed by atoms with E-state index >= 15 is 0 Å². The molecular formula is C31H63N5O11S3. The van der Waals surface area contributed by atoms with Crippen LogP contribution in [-0.4, -0.2) is 106 Å². The molecule has 0 atom stereocenters. The molecular weight excluding hydrogens is 715 g/mol. The van der Waals surface area contributed by atoms with Crippen LogP contribution in [0.3, 0.4) is 0 Å². The molecule has 0 aliphatic rings. The Bertz CT molecular complexity index is 1300. The van der Waals surface area contributed by atoms with Gasteiger partial charge in [0.1, 0.15) is 17.3 Å². The number of ketones is 3. The standard InChI is InChI=1S/C16H32N2O4S.C10H20N2O4S.C5H11NO3S/c1-15(19)11-7-6-9-13-17-16(20)12-8-4-3-5-10-14-18-23(2,21)22;1-9(13)6-4-3-5-7-11-10(14)8-12-17(2,15)16;1-5(7)3-4-6-10(2,8)9/h18H,3-14H2,1-2H3,(H,17,20);12H,3-8H2,1-2H3,(H,11,14);6H,3-4H2,1-2H3. The predicted octanol–water partition coefficient (Wildman–Crippen LogP) is 1.46. The fourth-order valence-electron chi connectivity index (χ4n) is 3.77. The third-order valence-corrected chi connectivity index (χ3v) is 8.46. The summed E-state index contributed by atoms with van der Waals surface area (Å²) >= 11 is 0. The molecule has 19 heteroatoms. The summed E-state index contributed by atoms with van der Waals surface area (Å²) in [7, 11) is -9.51. The van der Waals surface area contributed by atoms with Crippen LogP contribution >= 0.6 is 0 Å². The monoisotopic (exact) mass is 777 g/mol. The van der Waals surface area contributed by atoms with Gasteiger partial charge in [0.2, 0.25) is 41.9 Å². The van der Waals surface area contributed by atoms with Crippen LogP contribution in [-0.2, 0) is 54.0 Å². The Hall–Kier alpha value is -2.32. The number of nitrogens with one attached hydrogen (secondary N) is 5. The van der Waals surface area contributed by atoms with E-state index in [-0.39, 0.29) is 48.7 Å². The van der Waals surface area contributed by atoms with E-state index in [1.54, 1.807) is 13.8 Å². The zero-order valence-corrected chi connectivity index (χ0v) is 33.3. The number of carbonyl (C=O) groups excluding carboxylic acids is 5. The van der Waals surface area contributed by atoms with E-state index in [1.165, 1.54) is 6.92 Å². The van der Waals surface area contributed by atoms with Crippen molar-refractivity contribution in [2.75, 3.05) is 51.5 Å². The highest BCUT2D eigenvalue weighted by Crippen LogP contribution is 2.05. The summed E-state index contributed by atoms with van der Waals surface area (Å²) in [5, 5.41) is 5.49. The smallest absolute Gasteiger partial charge is 0.235 e. The maximum Gasteiger partial charge on any atom is 0.235 e. The fourth-order valence-corrected chi connectivity index (χ4v) is 5.15. The first-order valence-corrected chi connectivity index (χ1v) is 22.6. The van der Waals surface area contributed by atoms with Crippen LogP contribution in [0.1, 0.15) is 117 Å². The number of carbonyl (C=O) groups is 5. The maximum atomic E-state index is 11.6. The quantitative estimate of drug-likeness (QED) is 0.0712. The van der Waals surface area contributed by atoms with Gasteiger partial charge in [-0.15, -0.1) is 0 Å². The molecule has 0 radical (unpaired) electrons. The van der Waals surface area contributed by atoms with Gasteiger partial charge in [0.25, 0.3) is 0 Å². The largest absolute Gasteiger partial charge is 0.356 e. The molecule has 0 heterocycles. The molecule has 0 aromatic carbocycles. The van der Waals surface area contributed by atoms with Gasteiger partial charge in [0.15, 0.2) is 0 Å². The van der Waals surface area contributed by atoms with Crippen molar-refractivity contribution in [1.29, 1.82) is 0 Å². The van der Waals surface area contributed by atoms with Crippen LogP contribution in [0, 0.1) is 0 Å². The highest BCUT2D eigenvalue weighted by Gasteiger charge is 2.06. The summed E-state index contributed by atoms with van der Waals surface area (Å²) in [4.78, 5) is 54.4. The minimum absolute atomic E-state index is 0.0175. The Balaban J connectivity index is -0.000000717. The molecule has 0 aromatic rings. The highest BCUT2D eigenvalue weighted by atomic mass is 32.2. The first-order chi connectivity index (χ1) is 23.0. The number of rotatable bonds is 28. The number of sulfonamides is 3. The van der Waals surface area contributed by atoms with Crippen molar-refractivity contribution in [2.24, 2.45) is 0 Å². The lowest BCUT2D eigenvalue weighted by Crippen LogP contribution is -2.36. The van der Waals surface area contributed by atoms with Gasteiger partial charge in [-0.1, -0.05) is 32.1 Å². The maximum absolute atomic E-state index is 11.6. The normalized spacial score (nSPS) is 11.3. The average molecular weight is 778 g/mol. The van der Waals surface area contributed by atoms with Gasteiger partial charge in [0.05, 0.1) is 25.3 Å². The molecule has 16 nitrogen and oxygen atoms in total. The van der Waals surface area contributed by atoms with Crippen molar-refractivity contribution in [3.05, 3.63) is 0 Å². The summed E-state index contributed by atoms with van der Waals surface area (Å²) < 4.78 is 70.6. The predicted molar refractivity (Wildman–Crippen MR) is 196 cm³/mol. The number of unbranched alkanes of at least 4 members (excludes halogenated alkanes) is 8. The summed E-state index contributed by atoms with van der Waals surface area (Å²) in [6.45, 7) is 6.23. The van der Waals surface area contributed by atoms with Crippen molar-refractivity contribution in [1.82, 2.24) is 24.8 Å². The van der Waals surface area contributed by atoms with Crippen LogP contribution in [0.25, 0.3) is 0 Å². The van der Waals surface area contributed by atoms with Gasteiger partial charge < -0.3 is 20.2 Å². The summed E-state index contributed by atoms with van der Waals surface area (Å²) in [6, 6.07) is 0. The van der Waals surface area contributed by atoms with E-state index in [9.17, 15) is 49.2 Å². The van der Waals surface area contributed by atoms with Crippen LogP contribution in [0.4, 0.5) is 0 Å². The Morgan fingerprint density at radius 3 is 1.16 bits per heavy atom. The second-order valence-electron chi connectivity index (χ2n) is 12.1. The first-order valence-electron chi connectivity index (χ1n) is 16.9. The zero-order chi connectivity index (χ0) is 39.1. The zero-order valence-electron chi connectivity index (χ0n) is 30.9. The van der Waals surface area contributed by atoms with Gasteiger partial charge in [-0.2, -0.15) is 0 Å². The van der Waals surface area contributed by atoms with Crippen molar-refractivity contribution < 1.29 is 49.2 Å². The molecule has 0 aromatic heterocycles. The molecule has 0 aliphatic heterocycles. The summed E-state index contributed by atoms with van der Waals surface area (Å²) in [5.41, 5.74) is 0. The van der Waals surface area contributed by atoms with Gasteiger partial charge in [-0.3, -0.25) is 14.4 Å². The lowest BCUT2D eigenvalue weighted by molar-refractivity contribution is -0.121. The molecule has 0 saturated carbocycles. The van der Waals surface area contributed by atoms with E-state index in [0.29, 0.717) is 38.9 Å².